The van der Waals surface area contributed by atoms with Crippen molar-refractivity contribution in [3.05, 3.63) is 24.3 Å². The molecule has 6 heteroatoms. The lowest BCUT2D eigenvalue weighted by atomic mass is 10.0. The molecule has 0 aromatic rings. The van der Waals surface area contributed by atoms with E-state index in [1.165, 1.54) is 276 Å². The topological polar surface area (TPSA) is 78.9 Å². The quantitative estimate of drug-likeness (QED) is 0.0261. The summed E-state index contributed by atoms with van der Waals surface area (Å²) in [5, 5.41) is 0. The maximum atomic E-state index is 12.9. The van der Waals surface area contributed by atoms with Crippen molar-refractivity contribution in [1.82, 2.24) is 0 Å². The van der Waals surface area contributed by atoms with Crippen molar-refractivity contribution in [3.8, 4) is 0 Å². The summed E-state index contributed by atoms with van der Waals surface area (Å²) in [6.07, 6.45) is 77.6. The Labute approximate surface area is 468 Å². The Morgan fingerprint density at radius 1 is 0.267 bits per heavy atom. The SMILES string of the molecule is CCCCCCC/C=C\C/C=C\CCCCCCCCCCCC(=O)OCC(COC(=O)CCCCCCCCCCCCCCCCC)OC(=O)CCCCCCCCCCCCCCCCCCCCCCC. The Kier molecular flexibility index (Phi) is 62.6. The molecule has 0 radical (unpaired) electrons. The fraction of sp³-hybridized carbons (Fsp3) is 0.899. The first-order chi connectivity index (χ1) is 37.0. The van der Waals surface area contributed by atoms with Crippen LogP contribution in [0.3, 0.4) is 0 Å². The minimum absolute atomic E-state index is 0.0659. The van der Waals surface area contributed by atoms with E-state index in [0.717, 1.165) is 64.2 Å². The molecular weight excluding hydrogens is 925 g/mol. The second-order valence-corrected chi connectivity index (χ2v) is 23.1. The lowest BCUT2D eigenvalue weighted by Gasteiger charge is -2.18. The lowest BCUT2D eigenvalue weighted by Crippen LogP contribution is -2.30. The van der Waals surface area contributed by atoms with Crippen LogP contribution >= 0.6 is 0 Å². The van der Waals surface area contributed by atoms with E-state index in [2.05, 4.69) is 45.1 Å². The van der Waals surface area contributed by atoms with E-state index in [1.54, 1.807) is 0 Å². The molecule has 6 nitrogen and oxygen atoms in total. The second-order valence-electron chi connectivity index (χ2n) is 23.1. The summed E-state index contributed by atoms with van der Waals surface area (Å²) >= 11 is 0. The minimum atomic E-state index is -0.769. The highest BCUT2D eigenvalue weighted by atomic mass is 16.6. The summed E-state index contributed by atoms with van der Waals surface area (Å²) in [5.74, 6) is -0.838. The van der Waals surface area contributed by atoms with Gasteiger partial charge in [0.25, 0.3) is 0 Å². The van der Waals surface area contributed by atoms with E-state index < -0.39 is 6.10 Å². The van der Waals surface area contributed by atoms with Gasteiger partial charge in [0.15, 0.2) is 6.10 Å². The van der Waals surface area contributed by atoms with E-state index in [1.807, 2.05) is 0 Å². The van der Waals surface area contributed by atoms with E-state index in [-0.39, 0.29) is 31.1 Å². The Hall–Kier alpha value is -2.11. The molecule has 1 unspecified atom stereocenters. The van der Waals surface area contributed by atoms with Gasteiger partial charge in [-0.15, -0.1) is 0 Å². The van der Waals surface area contributed by atoms with Crippen molar-refractivity contribution in [3.63, 3.8) is 0 Å². The third kappa shape index (κ3) is 62.6. The molecule has 0 saturated heterocycles. The number of hydrogen-bond donors (Lipinski definition) is 0. The molecular formula is C69H130O6. The maximum absolute atomic E-state index is 12.9. The molecule has 0 saturated carbocycles. The van der Waals surface area contributed by atoms with Gasteiger partial charge in [0.05, 0.1) is 0 Å². The van der Waals surface area contributed by atoms with Gasteiger partial charge in [-0.05, 0) is 51.4 Å². The molecule has 75 heavy (non-hydrogen) atoms. The molecule has 0 aliphatic heterocycles. The third-order valence-corrected chi connectivity index (χ3v) is 15.5. The Balaban J connectivity index is 4.29. The highest BCUT2D eigenvalue weighted by Gasteiger charge is 2.19. The fourth-order valence-corrected chi connectivity index (χ4v) is 10.4. The standard InChI is InChI=1S/C69H130O6/c1-4-7-10-13-16-19-22-25-28-30-32-34-36-38-41-44-47-50-53-56-59-62-68(71)74-65-66(64-73-67(70)61-58-55-52-49-46-43-40-27-24-21-18-15-12-9-6-3)75-69(72)63-60-57-54-51-48-45-42-39-37-35-33-31-29-26-23-20-17-14-11-8-5-2/h22,25,30,32,66H,4-21,23-24,26-29,31,33-65H2,1-3H3/b25-22-,32-30-. The van der Waals surface area contributed by atoms with Gasteiger partial charge in [0.1, 0.15) is 13.2 Å². The summed E-state index contributed by atoms with van der Waals surface area (Å²) < 4.78 is 17.0. The largest absolute Gasteiger partial charge is 0.462 e. The molecule has 0 aromatic heterocycles. The molecule has 1 atom stereocenters. The van der Waals surface area contributed by atoms with Crippen LogP contribution in [0.25, 0.3) is 0 Å². The van der Waals surface area contributed by atoms with Gasteiger partial charge >= 0.3 is 17.9 Å². The van der Waals surface area contributed by atoms with Gasteiger partial charge < -0.3 is 14.2 Å². The highest BCUT2D eigenvalue weighted by Crippen LogP contribution is 2.18. The Bertz CT molecular complexity index is 1210. The van der Waals surface area contributed by atoms with E-state index >= 15 is 0 Å². The molecule has 0 aromatic carbocycles. The fourth-order valence-electron chi connectivity index (χ4n) is 10.4. The Morgan fingerprint density at radius 3 is 0.733 bits per heavy atom. The van der Waals surface area contributed by atoms with Crippen LogP contribution in [0.15, 0.2) is 24.3 Å². The maximum Gasteiger partial charge on any atom is 0.306 e. The molecule has 442 valence electrons. The number of allylic oxidation sites excluding steroid dienone is 4. The van der Waals surface area contributed by atoms with Gasteiger partial charge in [-0.2, -0.15) is 0 Å². The molecule has 0 spiro atoms. The third-order valence-electron chi connectivity index (χ3n) is 15.5. The highest BCUT2D eigenvalue weighted by molar-refractivity contribution is 5.71. The number of esters is 3. The molecule has 0 rings (SSSR count). The van der Waals surface area contributed by atoms with Crippen LogP contribution in [-0.2, 0) is 28.6 Å². The van der Waals surface area contributed by atoms with Gasteiger partial charge in [-0.25, -0.2) is 0 Å². The number of unbranched alkanes of at least 4 members (excludes halogenated alkanes) is 48. The molecule has 0 N–H and O–H groups in total. The van der Waals surface area contributed by atoms with E-state index in [0.29, 0.717) is 19.3 Å². The number of rotatable bonds is 63. The van der Waals surface area contributed by atoms with Crippen LogP contribution in [0, 0.1) is 0 Å². The first-order valence-electron chi connectivity index (χ1n) is 33.8. The normalized spacial score (nSPS) is 12.1. The molecule has 0 aliphatic carbocycles. The van der Waals surface area contributed by atoms with Crippen molar-refractivity contribution < 1.29 is 28.6 Å². The minimum Gasteiger partial charge on any atom is -0.462 e. The summed E-state index contributed by atoms with van der Waals surface area (Å²) in [5.41, 5.74) is 0. The number of carbonyl (C=O) groups excluding carboxylic acids is 3. The molecule has 0 aliphatic rings. The van der Waals surface area contributed by atoms with E-state index in [4.69, 9.17) is 14.2 Å². The molecule has 0 heterocycles. The van der Waals surface area contributed by atoms with Gasteiger partial charge in [-0.3, -0.25) is 14.4 Å². The van der Waals surface area contributed by atoms with Crippen LogP contribution in [0.5, 0.6) is 0 Å². The Morgan fingerprint density at radius 2 is 0.480 bits per heavy atom. The van der Waals surface area contributed by atoms with Crippen LogP contribution in [-0.4, -0.2) is 37.2 Å². The van der Waals surface area contributed by atoms with Crippen molar-refractivity contribution in [2.24, 2.45) is 0 Å². The van der Waals surface area contributed by atoms with Crippen molar-refractivity contribution >= 4 is 17.9 Å². The number of carbonyl (C=O) groups is 3. The van der Waals surface area contributed by atoms with E-state index in [9.17, 15) is 14.4 Å². The molecule has 0 fully saturated rings. The first-order valence-corrected chi connectivity index (χ1v) is 33.8. The average Bonchev–Trinajstić information content (AvgIpc) is 3.41. The first kappa shape index (κ1) is 72.9. The lowest BCUT2D eigenvalue weighted by molar-refractivity contribution is -0.167. The van der Waals surface area contributed by atoms with Crippen molar-refractivity contribution in [2.75, 3.05) is 13.2 Å². The van der Waals surface area contributed by atoms with Gasteiger partial charge in [0.2, 0.25) is 0 Å². The van der Waals surface area contributed by atoms with Crippen LogP contribution < -0.4 is 0 Å². The van der Waals surface area contributed by atoms with Crippen molar-refractivity contribution in [2.45, 2.75) is 386 Å². The summed E-state index contributed by atoms with van der Waals surface area (Å²) in [7, 11) is 0. The number of hydrogen-bond acceptors (Lipinski definition) is 6. The second kappa shape index (κ2) is 64.4. The van der Waals surface area contributed by atoms with Crippen molar-refractivity contribution in [1.29, 1.82) is 0 Å². The predicted octanol–water partition coefficient (Wildman–Crippen LogP) is 23.0. The zero-order chi connectivity index (χ0) is 54.3. The monoisotopic (exact) mass is 1050 g/mol. The van der Waals surface area contributed by atoms with Crippen LogP contribution in [0.4, 0.5) is 0 Å². The zero-order valence-electron chi connectivity index (χ0n) is 50.8. The summed E-state index contributed by atoms with van der Waals surface area (Å²) in [6.45, 7) is 6.71. The zero-order valence-corrected chi connectivity index (χ0v) is 50.8. The number of ether oxygens (including phenoxy) is 3. The molecule has 0 bridgehead atoms. The van der Waals surface area contributed by atoms with Crippen LogP contribution in [0.2, 0.25) is 0 Å². The summed E-state index contributed by atoms with van der Waals surface area (Å²) in [4.78, 5) is 38.4. The van der Waals surface area contributed by atoms with Gasteiger partial charge in [-0.1, -0.05) is 334 Å². The average molecular weight is 1060 g/mol. The predicted molar refractivity (Wildman–Crippen MR) is 326 cm³/mol. The van der Waals surface area contributed by atoms with Gasteiger partial charge in [0, 0.05) is 19.3 Å². The molecule has 0 amide bonds. The summed E-state index contributed by atoms with van der Waals surface area (Å²) in [6, 6.07) is 0. The smallest absolute Gasteiger partial charge is 0.306 e. The van der Waals surface area contributed by atoms with Crippen LogP contribution in [0.1, 0.15) is 380 Å².